The number of nitrogens with one attached hydrogen (secondary N) is 1. The predicted octanol–water partition coefficient (Wildman–Crippen LogP) is 4.24. The number of hydrogen-bond donors (Lipinski definition) is 1. The topological polar surface area (TPSA) is 72.5 Å². The molecule has 2 rings (SSSR count). The zero-order chi connectivity index (χ0) is 20.2. The zero-order valence-electron chi connectivity index (χ0n) is 15.1. The van der Waals surface area contributed by atoms with Gasteiger partial charge in [-0.05, 0) is 24.3 Å². The molecular weight excluding hydrogens is 393 g/mol. The number of rotatable bonds is 6. The van der Waals surface area contributed by atoms with E-state index in [9.17, 15) is 18.8 Å². The summed E-state index contributed by atoms with van der Waals surface area (Å²) in [6, 6.07) is 7.12. The molecular formula is C19H19ClFNO4S. The van der Waals surface area contributed by atoms with Gasteiger partial charge in [0.05, 0.1) is 16.4 Å². The van der Waals surface area contributed by atoms with Crippen molar-refractivity contribution in [3.8, 4) is 0 Å². The van der Waals surface area contributed by atoms with E-state index in [-0.39, 0.29) is 10.9 Å². The van der Waals surface area contributed by atoms with E-state index in [0.29, 0.717) is 11.4 Å². The molecule has 0 atom stereocenters. The third-order valence-corrected chi connectivity index (χ3v) is 4.98. The largest absolute Gasteiger partial charge is 0.454 e. The van der Waals surface area contributed by atoms with E-state index >= 15 is 0 Å². The van der Waals surface area contributed by atoms with Gasteiger partial charge in [-0.3, -0.25) is 9.59 Å². The van der Waals surface area contributed by atoms with Crippen molar-refractivity contribution < 1.29 is 23.5 Å². The van der Waals surface area contributed by atoms with Crippen LogP contribution in [0.1, 0.15) is 45.7 Å². The molecule has 0 aliphatic carbocycles. The lowest BCUT2D eigenvalue weighted by atomic mass is 9.96. The first-order valence-corrected chi connectivity index (χ1v) is 9.30. The van der Waals surface area contributed by atoms with E-state index in [1.54, 1.807) is 12.1 Å². The minimum Gasteiger partial charge on any atom is -0.454 e. The molecule has 0 radical (unpaired) electrons. The van der Waals surface area contributed by atoms with Crippen molar-refractivity contribution in [2.45, 2.75) is 27.3 Å². The van der Waals surface area contributed by atoms with Gasteiger partial charge >= 0.3 is 5.97 Å². The minimum atomic E-state index is -0.999. The van der Waals surface area contributed by atoms with Crippen molar-refractivity contribution in [1.29, 1.82) is 0 Å². The average Bonchev–Trinajstić information content (AvgIpc) is 3.05. The van der Waals surface area contributed by atoms with E-state index < -0.39 is 35.2 Å². The summed E-state index contributed by atoms with van der Waals surface area (Å²) in [5.74, 6) is -2.33. The third kappa shape index (κ3) is 5.61. The Morgan fingerprint density at radius 3 is 2.52 bits per heavy atom. The Hall–Kier alpha value is -2.25. The fraction of sp³-hybridized carbons (Fsp3) is 0.316. The summed E-state index contributed by atoms with van der Waals surface area (Å²) in [4.78, 5) is 37.2. The fourth-order valence-corrected chi connectivity index (χ4v) is 3.13. The number of thiophene rings is 1. The lowest BCUT2D eigenvalue weighted by Crippen LogP contribution is -2.34. The van der Waals surface area contributed by atoms with Crippen LogP contribution in [0.2, 0.25) is 5.02 Å². The predicted molar refractivity (Wildman–Crippen MR) is 102 cm³/mol. The molecule has 1 aromatic heterocycles. The Kier molecular flexibility index (Phi) is 6.73. The molecule has 144 valence electrons. The quantitative estimate of drug-likeness (QED) is 0.570. The van der Waals surface area contributed by atoms with Crippen molar-refractivity contribution in [2.75, 3.05) is 6.61 Å². The second-order valence-corrected chi connectivity index (χ2v) is 8.37. The number of amides is 1. The summed E-state index contributed by atoms with van der Waals surface area (Å²) < 4.78 is 18.6. The molecule has 2 aromatic rings. The van der Waals surface area contributed by atoms with Crippen LogP contribution in [0.5, 0.6) is 0 Å². The molecule has 0 aliphatic heterocycles. The molecule has 0 aliphatic rings. The van der Waals surface area contributed by atoms with Gasteiger partial charge in [-0.15, -0.1) is 11.3 Å². The molecule has 0 saturated heterocycles. The smallest absolute Gasteiger partial charge is 0.343 e. The Labute approximate surface area is 165 Å². The highest BCUT2D eigenvalue weighted by Crippen LogP contribution is 2.21. The van der Waals surface area contributed by atoms with Gasteiger partial charge in [-0.25, -0.2) is 9.18 Å². The van der Waals surface area contributed by atoms with Crippen molar-refractivity contribution in [3.63, 3.8) is 0 Å². The fourth-order valence-electron chi connectivity index (χ4n) is 2.02. The number of ketones is 1. The first kappa shape index (κ1) is 21.1. The van der Waals surface area contributed by atoms with Crippen LogP contribution in [0.3, 0.4) is 0 Å². The number of esters is 1. The van der Waals surface area contributed by atoms with Gasteiger partial charge in [0.15, 0.2) is 6.61 Å². The second kappa shape index (κ2) is 8.63. The number of carbonyl (C=O) groups is 3. The number of benzene rings is 1. The lowest BCUT2D eigenvalue weighted by molar-refractivity contribution is -0.128. The monoisotopic (exact) mass is 411 g/mol. The first-order chi connectivity index (χ1) is 12.6. The molecule has 0 unspecified atom stereocenters. The standard InChI is InChI=1S/C19H19ClFNO4S/c1-19(2,3)18(25)22-9-11-7-8-15(27-11)14(23)10-26-17(24)16-12(20)5-4-6-13(16)21/h4-8H,9-10H2,1-3H3,(H,22,25). The van der Waals surface area contributed by atoms with Gasteiger partial charge in [0.1, 0.15) is 11.4 Å². The van der Waals surface area contributed by atoms with Crippen LogP contribution in [0, 0.1) is 11.2 Å². The van der Waals surface area contributed by atoms with Gasteiger partial charge in [-0.2, -0.15) is 0 Å². The number of halogens is 2. The normalized spacial score (nSPS) is 11.1. The first-order valence-electron chi connectivity index (χ1n) is 8.11. The molecule has 0 spiro atoms. The number of Topliss-reactive ketones (excluding diaryl/α,β-unsaturated/α-hetero) is 1. The highest BCUT2D eigenvalue weighted by Gasteiger charge is 2.22. The Balaban J connectivity index is 1.93. The number of carbonyl (C=O) groups excluding carboxylic acids is 3. The highest BCUT2D eigenvalue weighted by atomic mass is 35.5. The number of ether oxygens (including phenoxy) is 1. The summed E-state index contributed by atoms with van der Waals surface area (Å²) in [7, 11) is 0. The Morgan fingerprint density at radius 1 is 1.19 bits per heavy atom. The maximum absolute atomic E-state index is 13.7. The summed E-state index contributed by atoms with van der Waals surface area (Å²) in [6.45, 7) is 5.20. The SMILES string of the molecule is CC(C)(C)C(=O)NCc1ccc(C(=O)COC(=O)c2c(F)cccc2Cl)s1. The average molecular weight is 412 g/mol. The summed E-state index contributed by atoms with van der Waals surface area (Å²) in [5, 5.41) is 2.71. The molecule has 1 aromatic carbocycles. The van der Waals surface area contributed by atoms with Crippen LogP contribution in [-0.2, 0) is 16.1 Å². The van der Waals surface area contributed by atoms with Crippen molar-refractivity contribution in [1.82, 2.24) is 5.32 Å². The van der Waals surface area contributed by atoms with Crippen LogP contribution < -0.4 is 5.32 Å². The lowest BCUT2D eigenvalue weighted by Gasteiger charge is -2.17. The Bertz CT molecular complexity index is 853. The van der Waals surface area contributed by atoms with E-state index in [0.717, 1.165) is 10.9 Å². The van der Waals surface area contributed by atoms with Crippen LogP contribution >= 0.6 is 22.9 Å². The van der Waals surface area contributed by atoms with Gasteiger partial charge in [0.25, 0.3) is 0 Å². The van der Waals surface area contributed by atoms with Gasteiger partial charge in [0, 0.05) is 10.3 Å². The van der Waals surface area contributed by atoms with Crippen molar-refractivity contribution in [3.05, 3.63) is 56.5 Å². The maximum Gasteiger partial charge on any atom is 0.343 e. The summed E-state index contributed by atoms with van der Waals surface area (Å²) in [6.07, 6.45) is 0. The molecule has 1 N–H and O–H groups in total. The molecule has 5 nitrogen and oxygen atoms in total. The summed E-state index contributed by atoms with van der Waals surface area (Å²) in [5.41, 5.74) is -0.901. The molecule has 1 heterocycles. The molecule has 27 heavy (non-hydrogen) atoms. The van der Waals surface area contributed by atoms with Gasteiger partial charge in [-0.1, -0.05) is 38.4 Å². The second-order valence-electron chi connectivity index (χ2n) is 6.79. The molecule has 8 heteroatoms. The van der Waals surface area contributed by atoms with Crippen molar-refractivity contribution in [2.24, 2.45) is 5.41 Å². The van der Waals surface area contributed by atoms with E-state index in [1.165, 1.54) is 23.5 Å². The highest BCUT2D eigenvalue weighted by molar-refractivity contribution is 7.14. The molecule has 1 amide bonds. The number of hydrogen-bond acceptors (Lipinski definition) is 5. The zero-order valence-corrected chi connectivity index (χ0v) is 16.7. The van der Waals surface area contributed by atoms with Gasteiger partial charge in [0.2, 0.25) is 11.7 Å². The van der Waals surface area contributed by atoms with Crippen LogP contribution in [0.25, 0.3) is 0 Å². The molecule has 0 fully saturated rings. The van der Waals surface area contributed by atoms with E-state index in [4.69, 9.17) is 16.3 Å². The third-order valence-electron chi connectivity index (χ3n) is 3.54. The van der Waals surface area contributed by atoms with Gasteiger partial charge < -0.3 is 10.1 Å². The van der Waals surface area contributed by atoms with Crippen LogP contribution in [0.4, 0.5) is 4.39 Å². The summed E-state index contributed by atoms with van der Waals surface area (Å²) >= 11 is 6.99. The van der Waals surface area contributed by atoms with E-state index in [1.807, 2.05) is 20.8 Å². The molecule has 0 bridgehead atoms. The Morgan fingerprint density at radius 2 is 1.89 bits per heavy atom. The van der Waals surface area contributed by atoms with Crippen LogP contribution in [0.15, 0.2) is 30.3 Å². The maximum atomic E-state index is 13.7. The van der Waals surface area contributed by atoms with Crippen molar-refractivity contribution >= 4 is 40.6 Å². The molecule has 0 saturated carbocycles. The van der Waals surface area contributed by atoms with E-state index in [2.05, 4.69) is 5.32 Å². The minimum absolute atomic E-state index is 0.0829. The van der Waals surface area contributed by atoms with Crippen LogP contribution in [-0.4, -0.2) is 24.3 Å².